The van der Waals surface area contributed by atoms with Gasteiger partial charge in [-0.15, -0.1) is 0 Å². The summed E-state index contributed by atoms with van der Waals surface area (Å²) in [5, 5.41) is 0. The lowest BCUT2D eigenvalue weighted by Crippen LogP contribution is -2.26. The number of carbonyl (C=O) groups is 1. The molecule has 0 bridgehead atoms. The predicted molar refractivity (Wildman–Crippen MR) is 80.2 cm³/mol. The average Bonchev–Trinajstić information content (AvgIpc) is 2.35. The Morgan fingerprint density at radius 2 is 1.94 bits per heavy atom. The monoisotopic (exact) mass is 362 g/mol. The van der Waals surface area contributed by atoms with Crippen LogP contribution in [0.1, 0.15) is 13.8 Å². The van der Waals surface area contributed by atoms with Crippen LogP contribution < -0.4 is 0 Å². The first-order valence-corrected chi connectivity index (χ1v) is 7.20. The normalized spacial score (nSPS) is 12.4. The first-order valence-electron chi connectivity index (χ1n) is 5.14. The van der Waals surface area contributed by atoms with Crippen LogP contribution in [-0.4, -0.2) is 13.1 Å². The van der Waals surface area contributed by atoms with Crippen LogP contribution >= 0.6 is 34.4 Å². The van der Waals surface area contributed by atoms with Gasteiger partial charge in [-0.25, -0.2) is 0 Å². The number of thioether (sulfide) groups is 1. The van der Waals surface area contributed by atoms with Crippen molar-refractivity contribution in [1.82, 2.24) is 0 Å². The molecule has 0 aromatic heterocycles. The van der Waals surface area contributed by atoms with Gasteiger partial charge in [0.15, 0.2) is 0 Å². The van der Waals surface area contributed by atoms with Crippen molar-refractivity contribution in [2.24, 2.45) is 5.41 Å². The summed E-state index contributed by atoms with van der Waals surface area (Å²) >= 11 is 3.75. The van der Waals surface area contributed by atoms with Crippen molar-refractivity contribution in [3.05, 3.63) is 39.3 Å². The highest BCUT2D eigenvalue weighted by atomic mass is 127. The molecule has 92 valence electrons. The maximum atomic E-state index is 11.7. The van der Waals surface area contributed by atoms with E-state index in [0.717, 1.165) is 9.80 Å². The van der Waals surface area contributed by atoms with Crippen molar-refractivity contribution in [3.63, 3.8) is 0 Å². The molecule has 0 unspecified atom stereocenters. The third-order valence-corrected chi connectivity index (χ3v) is 4.78. The molecule has 2 nitrogen and oxygen atoms in total. The molecule has 17 heavy (non-hydrogen) atoms. The third kappa shape index (κ3) is 3.74. The molecule has 0 amide bonds. The number of carbonyl (C=O) groups excluding carboxylic acids is 1. The quantitative estimate of drug-likeness (QED) is 0.455. The summed E-state index contributed by atoms with van der Waals surface area (Å²) in [6.07, 6.45) is 0. The maximum absolute atomic E-state index is 11.7. The summed E-state index contributed by atoms with van der Waals surface area (Å²) in [7, 11) is 1.42. The van der Waals surface area contributed by atoms with Crippen molar-refractivity contribution in [3.8, 4) is 0 Å². The molecule has 0 aliphatic rings. The van der Waals surface area contributed by atoms with Gasteiger partial charge in [0.25, 0.3) is 0 Å². The molecule has 0 heterocycles. The summed E-state index contributed by atoms with van der Waals surface area (Å²) in [4.78, 5) is 13.8. The second-order valence-electron chi connectivity index (χ2n) is 4.01. The third-order valence-electron chi connectivity index (χ3n) is 2.38. The van der Waals surface area contributed by atoms with Gasteiger partial charge in [-0.1, -0.05) is 52.6 Å². The molecule has 1 rings (SSSR count). The van der Waals surface area contributed by atoms with Crippen LogP contribution in [0.5, 0.6) is 0 Å². The Kier molecular flexibility index (Phi) is 5.52. The standard InChI is InChI=1S/C13H15IO2S/c1-13(2,12(15)16-3)11(9-14)17-10-7-5-4-6-8-10/h4-9H,1-3H3/b11-9-. The van der Waals surface area contributed by atoms with E-state index >= 15 is 0 Å². The molecule has 4 heteroatoms. The smallest absolute Gasteiger partial charge is 0.316 e. The van der Waals surface area contributed by atoms with Gasteiger partial charge in [-0.2, -0.15) is 0 Å². The van der Waals surface area contributed by atoms with E-state index in [1.807, 2.05) is 48.3 Å². The Morgan fingerprint density at radius 3 is 2.41 bits per heavy atom. The second kappa shape index (κ2) is 6.44. The van der Waals surface area contributed by atoms with Gasteiger partial charge < -0.3 is 4.74 Å². The average molecular weight is 362 g/mol. The molecule has 0 fully saturated rings. The van der Waals surface area contributed by atoms with E-state index < -0.39 is 5.41 Å². The van der Waals surface area contributed by atoms with E-state index in [4.69, 9.17) is 4.74 Å². The largest absolute Gasteiger partial charge is 0.468 e. The minimum Gasteiger partial charge on any atom is -0.468 e. The molecule has 0 saturated carbocycles. The molecular weight excluding hydrogens is 347 g/mol. The van der Waals surface area contributed by atoms with Gasteiger partial charge in [0, 0.05) is 9.80 Å². The Balaban J connectivity index is 2.91. The summed E-state index contributed by atoms with van der Waals surface area (Å²) in [5.74, 6) is -0.219. The predicted octanol–water partition coefficient (Wildman–Crippen LogP) is 4.25. The Hall–Kier alpha value is -0.490. The van der Waals surface area contributed by atoms with Gasteiger partial charge in [-0.05, 0) is 30.1 Å². The molecule has 0 aliphatic carbocycles. The molecule has 0 N–H and O–H groups in total. The van der Waals surface area contributed by atoms with Crippen LogP contribution in [0.3, 0.4) is 0 Å². The molecular formula is C13H15IO2S. The van der Waals surface area contributed by atoms with Crippen LogP contribution in [0.25, 0.3) is 0 Å². The van der Waals surface area contributed by atoms with E-state index in [1.165, 1.54) is 7.11 Å². The molecule has 1 aromatic carbocycles. The minimum absolute atomic E-state index is 0.219. The summed E-state index contributed by atoms with van der Waals surface area (Å²) in [5.41, 5.74) is -0.615. The van der Waals surface area contributed by atoms with Gasteiger partial charge in [-0.3, -0.25) is 4.79 Å². The van der Waals surface area contributed by atoms with E-state index in [2.05, 4.69) is 22.6 Å². The summed E-state index contributed by atoms with van der Waals surface area (Å²) < 4.78 is 6.78. The zero-order valence-corrected chi connectivity index (χ0v) is 13.0. The first-order chi connectivity index (χ1) is 8.02. The SMILES string of the molecule is COC(=O)C(C)(C)/C(=C/I)Sc1ccccc1. The zero-order valence-electron chi connectivity index (χ0n) is 10.1. The fourth-order valence-electron chi connectivity index (χ4n) is 1.26. The van der Waals surface area contributed by atoms with Crippen molar-refractivity contribution in [1.29, 1.82) is 0 Å². The molecule has 0 saturated heterocycles. The number of esters is 1. The van der Waals surface area contributed by atoms with Crippen molar-refractivity contribution >= 4 is 40.3 Å². The van der Waals surface area contributed by atoms with Crippen molar-refractivity contribution < 1.29 is 9.53 Å². The number of halogens is 1. The number of rotatable bonds is 4. The molecule has 0 atom stereocenters. The lowest BCUT2D eigenvalue weighted by atomic mass is 9.94. The van der Waals surface area contributed by atoms with E-state index in [-0.39, 0.29) is 5.97 Å². The van der Waals surface area contributed by atoms with Gasteiger partial charge in [0.05, 0.1) is 12.5 Å². The highest BCUT2D eigenvalue weighted by molar-refractivity contribution is 14.1. The fraction of sp³-hybridized carbons (Fsp3) is 0.308. The molecule has 0 spiro atoms. The maximum Gasteiger partial charge on any atom is 0.316 e. The highest BCUT2D eigenvalue weighted by Gasteiger charge is 2.33. The van der Waals surface area contributed by atoms with Crippen LogP contribution in [0, 0.1) is 5.41 Å². The van der Waals surface area contributed by atoms with Crippen LogP contribution in [0.15, 0.2) is 44.2 Å². The van der Waals surface area contributed by atoms with Gasteiger partial charge >= 0.3 is 5.97 Å². The summed E-state index contributed by atoms with van der Waals surface area (Å²) in [6, 6.07) is 10.00. The summed E-state index contributed by atoms with van der Waals surface area (Å²) in [6.45, 7) is 3.75. The Labute approximate surface area is 120 Å². The molecule has 0 aliphatic heterocycles. The lowest BCUT2D eigenvalue weighted by Gasteiger charge is -2.24. The fourth-order valence-corrected chi connectivity index (χ4v) is 3.35. The molecule has 1 aromatic rings. The van der Waals surface area contributed by atoms with E-state index in [1.54, 1.807) is 11.8 Å². The number of hydrogen-bond acceptors (Lipinski definition) is 3. The lowest BCUT2D eigenvalue weighted by molar-refractivity contribution is -0.148. The first kappa shape index (κ1) is 14.6. The number of ether oxygens (including phenoxy) is 1. The van der Waals surface area contributed by atoms with Gasteiger partial charge in [0.1, 0.15) is 0 Å². The Bertz CT molecular complexity index is 413. The van der Waals surface area contributed by atoms with Crippen molar-refractivity contribution in [2.45, 2.75) is 18.7 Å². The van der Waals surface area contributed by atoms with Crippen LogP contribution in [0.2, 0.25) is 0 Å². The van der Waals surface area contributed by atoms with Crippen LogP contribution in [0.4, 0.5) is 0 Å². The van der Waals surface area contributed by atoms with E-state index in [0.29, 0.717) is 0 Å². The molecule has 0 radical (unpaired) electrons. The van der Waals surface area contributed by atoms with Crippen molar-refractivity contribution in [2.75, 3.05) is 7.11 Å². The zero-order chi connectivity index (χ0) is 12.9. The Morgan fingerprint density at radius 1 is 1.35 bits per heavy atom. The topological polar surface area (TPSA) is 26.3 Å². The highest BCUT2D eigenvalue weighted by Crippen LogP contribution is 2.40. The number of methoxy groups -OCH3 is 1. The van der Waals surface area contributed by atoms with Crippen LogP contribution in [-0.2, 0) is 9.53 Å². The second-order valence-corrected chi connectivity index (χ2v) is 5.74. The van der Waals surface area contributed by atoms with Gasteiger partial charge in [0.2, 0.25) is 0 Å². The minimum atomic E-state index is -0.615. The van der Waals surface area contributed by atoms with E-state index in [9.17, 15) is 4.79 Å². The number of benzene rings is 1. The number of hydrogen-bond donors (Lipinski definition) is 0.